The van der Waals surface area contributed by atoms with Crippen LogP contribution in [0.5, 0.6) is 0 Å². The van der Waals surface area contributed by atoms with E-state index < -0.39 is 0 Å². The van der Waals surface area contributed by atoms with E-state index in [0.717, 1.165) is 23.0 Å². The summed E-state index contributed by atoms with van der Waals surface area (Å²) >= 11 is 6.17. The maximum absolute atomic E-state index is 6.17. The van der Waals surface area contributed by atoms with E-state index in [2.05, 4.69) is 38.1 Å². The first-order valence-corrected chi connectivity index (χ1v) is 6.02. The Kier molecular flexibility index (Phi) is 4.02. The van der Waals surface area contributed by atoms with E-state index in [0.29, 0.717) is 6.04 Å². The second-order valence-electron chi connectivity index (χ2n) is 5.45. The van der Waals surface area contributed by atoms with Crippen molar-refractivity contribution in [1.82, 2.24) is 15.1 Å². The topological polar surface area (TPSA) is 29.9 Å². The summed E-state index contributed by atoms with van der Waals surface area (Å²) in [4.78, 5) is 0. The van der Waals surface area contributed by atoms with Gasteiger partial charge in [-0.25, -0.2) is 0 Å². The maximum Gasteiger partial charge on any atom is 0.131 e. The van der Waals surface area contributed by atoms with Gasteiger partial charge in [0.1, 0.15) is 5.15 Å². The molecule has 0 saturated carbocycles. The van der Waals surface area contributed by atoms with E-state index in [9.17, 15) is 0 Å². The first-order chi connectivity index (χ1) is 7.23. The molecule has 0 aliphatic heterocycles. The normalized spacial score (nSPS) is 14.2. The van der Waals surface area contributed by atoms with Gasteiger partial charge in [-0.2, -0.15) is 5.10 Å². The molecule has 92 valence electrons. The molecule has 0 aliphatic rings. The Morgan fingerprint density at radius 3 is 2.38 bits per heavy atom. The number of nitrogens with zero attached hydrogens (tertiary/aromatic N) is 2. The summed E-state index contributed by atoms with van der Waals surface area (Å²) in [6.07, 6.45) is 0. The van der Waals surface area contributed by atoms with Crippen LogP contribution in [0.15, 0.2) is 0 Å². The number of hydrogen-bond donors (Lipinski definition) is 1. The number of rotatable bonds is 3. The van der Waals surface area contributed by atoms with Gasteiger partial charge in [-0.3, -0.25) is 4.68 Å². The molecule has 0 aromatic carbocycles. The van der Waals surface area contributed by atoms with Gasteiger partial charge in [0, 0.05) is 25.2 Å². The van der Waals surface area contributed by atoms with Crippen molar-refractivity contribution in [3.63, 3.8) is 0 Å². The van der Waals surface area contributed by atoms with Gasteiger partial charge in [-0.05, 0) is 19.3 Å². The van der Waals surface area contributed by atoms with Gasteiger partial charge >= 0.3 is 0 Å². The van der Waals surface area contributed by atoms with Gasteiger partial charge in [-0.15, -0.1) is 0 Å². The van der Waals surface area contributed by atoms with E-state index in [-0.39, 0.29) is 5.41 Å². The minimum atomic E-state index is 0.253. The van der Waals surface area contributed by atoms with Crippen LogP contribution in [0.1, 0.15) is 39.0 Å². The molecule has 1 aromatic heterocycles. The highest BCUT2D eigenvalue weighted by Crippen LogP contribution is 2.22. The van der Waals surface area contributed by atoms with Crippen molar-refractivity contribution in [2.24, 2.45) is 12.5 Å². The lowest BCUT2D eigenvalue weighted by molar-refractivity contribution is 0.285. The van der Waals surface area contributed by atoms with Crippen LogP contribution in [-0.2, 0) is 13.6 Å². The minimum absolute atomic E-state index is 0.253. The number of aromatic nitrogens is 2. The van der Waals surface area contributed by atoms with E-state index in [1.807, 2.05) is 14.0 Å². The van der Waals surface area contributed by atoms with Crippen molar-refractivity contribution in [1.29, 1.82) is 0 Å². The quantitative estimate of drug-likeness (QED) is 0.885. The molecule has 0 amide bonds. The number of aryl methyl sites for hydroxylation is 2. The van der Waals surface area contributed by atoms with Crippen LogP contribution >= 0.6 is 11.6 Å². The Morgan fingerprint density at radius 1 is 1.44 bits per heavy atom. The summed E-state index contributed by atoms with van der Waals surface area (Å²) < 4.78 is 1.72. The van der Waals surface area contributed by atoms with Crippen LogP contribution in [0, 0.1) is 12.3 Å². The number of hydrogen-bond acceptors (Lipinski definition) is 2. The molecular weight excluding hydrogens is 222 g/mol. The zero-order chi connectivity index (χ0) is 12.5. The largest absolute Gasteiger partial charge is 0.309 e. The molecule has 0 aliphatic carbocycles. The molecule has 0 spiro atoms. The molecule has 16 heavy (non-hydrogen) atoms. The van der Waals surface area contributed by atoms with Crippen LogP contribution in [0.4, 0.5) is 0 Å². The van der Waals surface area contributed by atoms with Gasteiger partial charge in [-0.1, -0.05) is 32.4 Å². The molecule has 4 heteroatoms. The zero-order valence-corrected chi connectivity index (χ0v) is 11.8. The summed E-state index contributed by atoms with van der Waals surface area (Å²) in [6, 6.07) is 0.433. The molecule has 0 bridgehead atoms. The Balaban J connectivity index is 2.68. The third-order valence-electron chi connectivity index (χ3n) is 3.15. The molecule has 1 unspecified atom stereocenters. The van der Waals surface area contributed by atoms with E-state index in [1.165, 1.54) is 0 Å². The fourth-order valence-electron chi connectivity index (χ4n) is 1.44. The van der Waals surface area contributed by atoms with Gasteiger partial charge in [0.2, 0.25) is 0 Å². The van der Waals surface area contributed by atoms with E-state index in [1.54, 1.807) is 4.68 Å². The van der Waals surface area contributed by atoms with Crippen molar-refractivity contribution in [2.75, 3.05) is 0 Å². The number of halogens is 1. The van der Waals surface area contributed by atoms with Gasteiger partial charge in [0.15, 0.2) is 0 Å². The highest BCUT2D eigenvalue weighted by atomic mass is 35.5. The molecule has 1 aromatic rings. The SMILES string of the molecule is Cc1nn(C)c(Cl)c1CNC(C)C(C)(C)C. The summed E-state index contributed by atoms with van der Waals surface area (Å²) in [7, 11) is 1.87. The second-order valence-corrected chi connectivity index (χ2v) is 5.81. The van der Waals surface area contributed by atoms with Crippen molar-refractivity contribution >= 4 is 11.6 Å². The summed E-state index contributed by atoms with van der Waals surface area (Å²) in [5.74, 6) is 0. The third kappa shape index (κ3) is 2.98. The van der Waals surface area contributed by atoms with Crippen LogP contribution in [0.25, 0.3) is 0 Å². The Bertz CT molecular complexity index is 363. The maximum atomic E-state index is 6.17. The summed E-state index contributed by atoms with van der Waals surface area (Å²) in [5, 5.41) is 8.52. The first kappa shape index (κ1) is 13.5. The van der Waals surface area contributed by atoms with Crippen LogP contribution in [-0.4, -0.2) is 15.8 Å². The van der Waals surface area contributed by atoms with Crippen molar-refractivity contribution < 1.29 is 0 Å². The minimum Gasteiger partial charge on any atom is -0.309 e. The lowest BCUT2D eigenvalue weighted by Crippen LogP contribution is -2.37. The van der Waals surface area contributed by atoms with Gasteiger partial charge in [0.05, 0.1) is 5.69 Å². The van der Waals surface area contributed by atoms with Crippen molar-refractivity contribution in [3.8, 4) is 0 Å². The first-order valence-electron chi connectivity index (χ1n) is 5.65. The Morgan fingerprint density at radius 2 is 2.00 bits per heavy atom. The standard InChI is InChI=1S/C12H22ClN3/c1-8-10(11(13)16(6)15-8)7-14-9(2)12(3,4)5/h9,14H,7H2,1-6H3. The molecule has 0 saturated heterocycles. The number of nitrogens with one attached hydrogen (secondary N) is 1. The van der Waals surface area contributed by atoms with Crippen LogP contribution in [0.3, 0.4) is 0 Å². The molecule has 1 heterocycles. The highest BCUT2D eigenvalue weighted by molar-refractivity contribution is 6.30. The predicted molar refractivity (Wildman–Crippen MR) is 68.7 cm³/mol. The zero-order valence-electron chi connectivity index (χ0n) is 11.1. The molecule has 0 radical (unpaired) electrons. The fraction of sp³-hybridized carbons (Fsp3) is 0.750. The smallest absolute Gasteiger partial charge is 0.131 e. The molecule has 1 atom stereocenters. The average Bonchev–Trinajstić information content (AvgIpc) is 2.37. The molecule has 1 N–H and O–H groups in total. The molecule has 0 fully saturated rings. The van der Waals surface area contributed by atoms with Crippen molar-refractivity contribution in [3.05, 3.63) is 16.4 Å². The highest BCUT2D eigenvalue weighted by Gasteiger charge is 2.20. The lowest BCUT2D eigenvalue weighted by Gasteiger charge is -2.28. The van der Waals surface area contributed by atoms with E-state index >= 15 is 0 Å². The predicted octanol–water partition coefficient (Wildman–Crippen LogP) is 2.91. The van der Waals surface area contributed by atoms with Gasteiger partial charge in [0.25, 0.3) is 0 Å². The monoisotopic (exact) mass is 243 g/mol. The third-order valence-corrected chi connectivity index (χ3v) is 3.63. The summed E-state index contributed by atoms with van der Waals surface area (Å²) in [6.45, 7) is 11.6. The lowest BCUT2D eigenvalue weighted by atomic mass is 9.88. The molecular formula is C12H22ClN3. The average molecular weight is 244 g/mol. The van der Waals surface area contributed by atoms with Crippen molar-refractivity contribution in [2.45, 2.75) is 47.2 Å². The van der Waals surface area contributed by atoms with Crippen LogP contribution < -0.4 is 5.32 Å². The van der Waals surface area contributed by atoms with Crippen LogP contribution in [0.2, 0.25) is 5.15 Å². The second kappa shape index (κ2) is 4.76. The van der Waals surface area contributed by atoms with Gasteiger partial charge < -0.3 is 5.32 Å². The summed E-state index contributed by atoms with van der Waals surface area (Å²) in [5.41, 5.74) is 2.35. The Labute approximate surface area is 103 Å². The molecule has 3 nitrogen and oxygen atoms in total. The van der Waals surface area contributed by atoms with E-state index in [4.69, 9.17) is 11.6 Å². The molecule has 1 rings (SSSR count). The fourth-order valence-corrected chi connectivity index (χ4v) is 1.68. The Hall–Kier alpha value is -0.540.